The summed E-state index contributed by atoms with van der Waals surface area (Å²) in [5.41, 5.74) is 1.24. The molecule has 0 radical (unpaired) electrons. The minimum Gasteiger partial charge on any atom is -0.482 e. The summed E-state index contributed by atoms with van der Waals surface area (Å²) in [5.74, 6) is -0.884. The Balaban J connectivity index is 1.96. The number of aryl methyl sites for hydroxylation is 1. The zero-order chi connectivity index (χ0) is 16.1. The third-order valence-corrected chi connectivity index (χ3v) is 3.00. The van der Waals surface area contributed by atoms with Crippen LogP contribution in [0.3, 0.4) is 0 Å². The van der Waals surface area contributed by atoms with Crippen LogP contribution in [-0.4, -0.2) is 33.4 Å². The minimum atomic E-state index is -1.05. The average molecular weight is 303 g/mol. The van der Waals surface area contributed by atoms with Gasteiger partial charge in [-0.2, -0.15) is 5.10 Å². The van der Waals surface area contributed by atoms with Gasteiger partial charge in [0.2, 0.25) is 0 Å². The molecular formula is C15H17N3O4. The van der Waals surface area contributed by atoms with Crippen LogP contribution in [-0.2, 0) is 11.8 Å². The number of carboxylic acid groups (broad SMARTS) is 1. The van der Waals surface area contributed by atoms with E-state index in [0.29, 0.717) is 11.3 Å². The summed E-state index contributed by atoms with van der Waals surface area (Å²) in [6, 6.07) is 7.91. The summed E-state index contributed by atoms with van der Waals surface area (Å²) < 4.78 is 6.68. The number of benzene rings is 1. The van der Waals surface area contributed by atoms with Gasteiger partial charge in [0.25, 0.3) is 5.91 Å². The Morgan fingerprint density at radius 3 is 2.55 bits per heavy atom. The highest BCUT2D eigenvalue weighted by atomic mass is 16.5. The number of amides is 1. The van der Waals surface area contributed by atoms with E-state index in [0.717, 1.165) is 5.69 Å². The molecule has 1 amide bonds. The standard InChI is InChI=1S/C15H17N3O4/c1-10(13-7-8-18(2)17-13)16-15(21)11-3-5-12(6-4-11)22-9-14(19)20/h3-8,10H,9H2,1-2H3,(H,16,21)(H,19,20). The van der Waals surface area contributed by atoms with Gasteiger partial charge in [-0.05, 0) is 37.3 Å². The number of nitrogens with one attached hydrogen (secondary N) is 1. The van der Waals surface area contributed by atoms with Crippen molar-refractivity contribution in [2.45, 2.75) is 13.0 Å². The highest BCUT2D eigenvalue weighted by Crippen LogP contribution is 2.14. The third kappa shape index (κ3) is 4.08. The van der Waals surface area contributed by atoms with E-state index in [2.05, 4.69) is 10.4 Å². The van der Waals surface area contributed by atoms with Crippen molar-refractivity contribution in [1.82, 2.24) is 15.1 Å². The summed E-state index contributed by atoms with van der Waals surface area (Å²) in [4.78, 5) is 22.5. The number of nitrogens with zero attached hydrogens (tertiary/aromatic N) is 2. The largest absolute Gasteiger partial charge is 0.482 e. The molecule has 116 valence electrons. The van der Waals surface area contributed by atoms with Crippen LogP contribution in [0, 0.1) is 0 Å². The first-order valence-corrected chi connectivity index (χ1v) is 6.71. The summed E-state index contributed by atoms with van der Waals surface area (Å²) >= 11 is 0. The lowest BCUT2D eigenvalue weighted by atomic mass is 10.1. The maximum atomic E-state index is 12.1. The molecule has 0 saturated carbocycles. The minimum absolute atomic E-state index is 0.211. The quantitative estimate of drug-likeness (QED) is 0.840. The molecule has 2 rings (SSSR count). The molecule has 1 aromatic carbocycles. The van der Waals surface area contributed by atoms with Gasteiger partial charge in [0.05, 0.1) is 11.7 Å². The summed E-state index contributed by atoms with van der Waals surface area (Å²) in [7, 11) is 1.81. The van der Waals surface area contributed by atoms with E-state index in [4.69, 9.17) is 9.84 Å². The number of hydrogen-bond donors (Lipinski definition) is 2. The number of rotatable bonds is 6. The first-order chi connectivity index (χ1) is 10.5. The van der Waals surface area contributed by atoms with Crippen molar-refractivity contribution in [1.29, 1.82) is 0 Å². The summed E-state index contributed by atoms with van der Waals surface area (Å²) in [5, 5.41) is 15.6. The second-order valence-corrected chi connectivity index (χ2v) is 4.82. The lowest BCUT2D eigenvalue weighted by molar-refractivity contribution is -0.139. The van der Waals surface area contributed by atoms with E-state index in [9.17, 15) is 9.59 Å². The van der Waals surface area contributed by atoms with Crippen LogP contribution in [0.2, 0.25) is 0 Å². The molecule has 0 fully saturated rings. The van der Waals surface area contributed by atoms with Gasteiger partial charge >= 0.3 is 5.97 Å². The number of aliphatic carboxylic acids is 1. The fourth-order valence-electron chi connectivity index (χ4n) is 1.87. The Labute approximate surface area is 127 Å². The van der Waals surface area contributed by atoms with Gasteiger partial charge < -0.3 is 15.2 Å². The van der Waals surface area contributed by atoms with Crippen LogP contribution < -0.4 is 10.1 Å². The second-order valence-electron chi connectivity index (χ2n) is 4.82. The molecule has 22 heavy (non-hydrogen) atoms. The molecule has 0 saturated heterocycles. The van der Waals surface area contributed by atoms with Gasteiger partial charge in [0.1, 0.15) is 5.75 Å². The van der Waals surface area contributed by atoms with Crippen molar-refractivity contribution in [2.24, 2.45) is 7.05 Å². The average Bonchev–Trinajstić information content (AvgIpc) is 2.92. The maximum Gasteiger partial charge on any atom is 0.341 e. The molecular weight excluding hydrogens is 286 g/mol. The van der Waals surface area contributed by atoms with Gasteiger partial charge in [-0.1, -0.05) is 0 Å². The Hall–Kier alpha value is -2.83. The molecule has 0 aliphatic rings. The van der Waals surface area contributed by atoms with Crippen LogP contribution in [0.15, 0.2) is 36.5 Å². The van der Waals surface area contributed by atoms with Crippen molar-refractivity contribution >= 4 is 11.9 Å². The Kier molecular flexibility index (Phi) is 4.77. The molecule has 0 bridgehead atoms. The van der Waals surface area contributed by atoms with E-state index < -0.39 is 12.6 Å². The fourth-order valence-corrected chi connectivity index (χ4v) is 1.87. The van der Waals surface area contributed by atoms with Crippen molar-refractivity contribution < 1.29 is 19.4 Å². The van der Waals surface area contributed by atoms with Gasteiger partial charge in [0.15, 0.2) is 6.61 Å². The van der Waals surface area contributed by atoms with Crippen LogP contribution in [0.4, 0.5) is 0 Å². The summed E-state index contributed by atoms with van der Waals surface area (Å²) in [6.07, 6.45) is 1.81. The second kappa shape index (κ2) is 6.75. The van der Waals surface area contributed by atoms with E-state index in [1.54, 1.807) is 28.9 Å². The van der Waals surface area contributed by atoms with E-state index in [-0.39, 0.29) is 11.9 Å². The molecule has 1 heterocycles. The number of carboxylic acids is 1. The van der Waals surface area contributed by atoms with Gasteiger partial charge in [-0.15, -0.1) is 0 Å². The van der Waals surface area contributed by atoms with Crippen molar-refractivity contribution in [2.75, 3.05) is 6.61 Å². The molecule has 7 nitrogen and oxygen atoms in total. The zero-order valence-electron chi connectivity index (χ0n) is 12.3. The van der Waals surface area contributed by atoms with E-state index in [1.165, 1.54) is 0 Å². The SMILES string of the molecule is CC(NC(=O)c1ccc(OCC(=O)O)cc1)c1ccn(C)n1. The van der Waals surface area contributed by atoms with Crippen molar-refractivity contribution in [3.8, 4) is 5.75 Å². The summed E-state index contributed by atoms with van der Waals surface area (Å²) in [6.45, 7) is 1.44. The molecule has 7 heteroatoms. The molecule has 1 aromatic heterocycles. The molecule has 1 unspecified atom stereocenters. The number of carbonyl (C=O) groups excluding carboxylic acids is 1. The topological polar surface area (TPSA) is 93.5 Å². The highest BCUT2D eigenvalue weighted by molar-refractivity contribution is 5.94. The normalized spacial score (nSPS) is 11.7. The van der Waals surface area contributed by atoms with Gasteiger partial charge in [-0.3, -0.25) is 9.48 Å². The van der Waals surface area contributed by atoms with Gasteiger partial charge in [-0.25, -0.2) is 4.79 Å². The Bertz CT molecular complexity index is 664. The van der Waals surface area contributed by atoms with Crippen molar-refractivity contribution in [3.05, 3.63) is 47.8 Å². The first kappa shape index (κ1) is 15.6. The van der Waals surface area contributed by atoms with E-state index >= 15 is 0 Å². The lowest BCUT2D eigenvalue weighted by Crippen LogP contribution is -2.27. The fraction of sp³-hybridized carbons (Fsp3) is 0.267. The zero-order valence-corrected chi connectivity index (χ0v) is 12.3. The Morgan fingerprint density at radius 1 is 1.32 bits per heavy atom. The number of carbonyl (C=O) groups is 2. The smallest absolute Gasteiger partial charge is 0.341 e. The highest BCUT2D eigenvalue weighted by Gasteiger charge is 2.13. The molecule has 0 aliphatic heterocycles. The van der Waals surface area contributed by atoms with Gasteiger partial charge in [0, 0.05) is 18.8 Å². The van der Waals surface area contributed by atoms with Crippen molar-refractivity contribution in [3.63, 3.8) is 0 Å². The molecule has 0 spiro atoms. The maximum absolute atomic E-state index is 12.1. The lowest BCUT2D eigenvalue weighted by Gasteiger charge is -2.12. The Morgan fingerprint density at radius 2 is 2.00 bits per heavy atom. The van der Waals surface area contributed by atoms with Crippen LogP contribution in [0.5, 0.6) is 5.75 Å². The number of aromatic nitrogens is 2. The number of ether oxygens (including phenoxy) is 1. The predicted octanol–water partition coefficient (Wildman–Crippen LogP) is 1.37. The van der Waals surface area contributed by atoms with Crippen LogP contribution in [0.25, 0.3) is 0 Å². The monoisotopic (exact) mass is 303 g/mol. The van der Waals surface area contributed by atoms with E-state index in [1.807, 2.05) is 26.2 Å². The third-order valence-electron chi connectivity index (χ3n) is 3.00. The molecule has 2 aromatic rings. The molecule has 0 aliphatic carbocycles. The van der Waals surface area contributed by atoms with Crippen LogP contribution >= 0.6 is 0 Å². The first-order valence-electron chi connectivity index (χ1n) is 6.71. The molecule has 1 atom stereocenters. The molecule has 2 N–H and O–H groups in total. The number of hydrogen-bond acceptors (Lipinski definition) is 4. The predicted molar refractivity (Wildman–Crippen MR) is 78.7 cm³/mol. The van der Waals surface area contributed by atoms with Crippen LogP contribution in [0.1, 0.15) is 29.0 Å².